The number of aromatic nitrogens is 3. The van der Waals surface area contributed by atoms with E-state index in [4.69, 9.17) is 11.6 Å². The van der Waals surface area contributed by atoms with E-state index in [2.05, 4.69) is 20.7 Å². The van der Waals surface area contributed by atoms with E-state index in [1.54, 1.807) is 30.3 Å². The summed E-state index contributed by atoms with van der Waals surface area (Å²) in [5.41, 5.74) is -0.210. The lowest BCUT2D eigenvalue weighted by atomic mass is 10.2. The van der Waals surface area contributed by atoms with Crippen LogP contribution in [-0.4, -0.2) is 45.1 Å². The Bertz CT molecular complexity index is 1110. The highest BCUT2D eigenvalue weighted by molar-refractivity contribution is 6.30. The van der Waals surface area contributed by atoms with Crippen molar-refractivity contribution < 1.29 is 23.1 Å². The summed E-state index contributed by atoms with van der Waals surface area (Å²) in [5.74, 6) is 0.673. The van der Waals surface area contributed by atoms with Crippen molar-refractivity contribution in [3.05, 3.63) is 65.1 Å². The molecule has 3 heterocycles. The van der Waals surface area contributed by atoms with Gasteiger partial charge in [0.25, 0.3) is 0 Å². The van der Waals surface area contributed by atoms with Gasteiger partial charge in [0.05, 0.1) is 35.9 Å². The number of hydrogen-bond acceptors (Lipinski definition) is 5. The lowest BCUT2D eigenvalue weighted by molar-refractivity contribution is -0.141. The fourth-order valence-electron chi connectivity index (χ4n) is 3.15. The van der Waals surface area contributed by atoms with Crippen molar-refractivity contribution >= 4 is 29.1 Å². The van der Waals surface area contributed by atoms with Crippen LogP contribution in [0.15, 0.2) is 48.7 Å². The van der Waals surface area contributed by atoms with Gasteiger partial charge < -0.3 is 20.6 Å². The summed E-state index contributed by atoms with van der Waals surface area (Å²) in [5, 5.41) is 18.4. The van der Waals surface area contributed by atoms with Crippen molar-refractivity contribution in [1.29, 1.82) is 0 Å². The van der Waals surface area contributed by atoms with E-state index >= 15 is 0 Å². The second kappa shape index (κ2) is 8.67. The summed E-state index contributed by atoms with van der Waals surface area (Å²) in [4.78, 5) is 18.4. The number of carbonyl (C=O) groups excluding carboxylic acids is 1. The molecule has 168 valence electrons. The number of alkyl halides is 3. The molecule has 0 saturated carbocycles. The average Bonchev–Trinajstić information content (AvgIpc) is 3.16. The number of pyridine rings is 1. The zero-order valence-electron chi connectivity index (χ0n) is 16.5. The van der Waals surface area contributed by atoms with E-state index < -0.39 is 17.9 Å². The van der Waals surface area contributed by atoms with Crippen molar-refractivity contribution in [3.63, 3.8) is 0 Å². The number of benzene rings is 1. The Hall–Kier alpha value is -3.31. The first-order chi connectivity index (χ1) is 15.2. The standard InChI is InChI=1S/C20H18ClF3N6O2/c21-12-2-1-3-14(6-12)30-15(7-17(28-30)20(22,23)24)9-26-19(32)27-13-4-5-18(25-8-13)29-10-16(31)11-29/h1-8,16,31H,9-11H2,(H2,26,27,32). The van der Waals surface area contributed by atoms with E-state index in [0.29, 0.717) is 35.3 Å². The molecule has 1 aliphatic heterocycles. The molecule has 3 N–H and O–H groups in total. The molecule has 0 unspecified atom stereocenters. The Kier molecular flexibility index (Phi) is 5.94. The van der Waals surface area contributed by atoms with Crippen molar-refractivity contribution in [3.8, 4) is 5.69 Å². The molecular formula is C20H18ClF3N6O2. The van der Waals surface area contributed by atoms with Crippen LogP contribution in [0.4, 0.5) is 29.5 Å². The first-order valence-corrected chi connectivity index (χ1v) is 9.93. The number of halogens is 4. The predicted molar refractivity (Wildman–Crippen MR) is 112 cm³/mol. The zero-order chi connectivity index (χ0) is 22.9. The van der Waals surface area contributed by atoms with Crippen molar-refractivity contribution in [2.24, 2.45) is 0 Å². The minimum atomic E-state index is -4.64. The fourth-order valence-corrected chi connectivity index (χ4v) is 3.34. The van der Waals surface area contributed by atoms with E-state index in [-0.39, 0.29) is 18.3 Å². The highest BCUT2D eigenvalue weighted by Gasteiger charge is 2.35. The first-order valence-electron chi connectivity index (χ1n) is 9.55. The monoisotopic (exact) mass is 466 g/mol. The van der Waals surface area contributed by atoms with Crippen LogP contribution in [0.2, 0.25) is 5.02 Å². The normalized spacial score (nSPS) is 14.2. The summed E-state index contributed by atoms with van der Waals surface area (Å²) < 4.78 is 40.6. The number of anilines is 2. The summed E-state index contributed by atoms with van der Waals surface area (Å²) in [7, 11) is 0. The van der Waals surface area contributed by atoms with Crippen LogP contribution in [0.5, 0.6) is 0 Å². The molecule has 1 aromatic carbocycles. The summed E-state index contributed by atoms with van der Waals surface area (Å²) >= 11 is 5.95. The molecule has 0 bridgehead atoms. The van der Waals surface area contributed by atoms with Gasteiger partial charge >= 0.3 is 12.2 Å². The smallest absolute Gasteiger partial charge is 0.389 e. The van der Waals surface area contributed by atoms with Crippen LogP contribution in [0.25, 0.3) is 5.69 Å². The van der Waals surface area contributed by atoms with Gasteiger partial charge in [-0.15, -0.1) is 0 Å². The molecular weight excluding hydrogens is 449 g/mol. The Morgan fingerprint density at radius 1 is 1.22 bits per heavy atom. The number of hydrogen-bond donors (Lipinski definition) is 3. The molecule has 32 heavy (non-hydrogen) atoms. The number of β-amino-alcohol motifs (C(OH)–C–C–N with tert-alkyl or cyclic N) is 1. The maximum absolute atomic E-state index is 13.2. The largest absolute Gasteiger partial charge is 0.435 e. The van der Waals surface area contributed by atoms with Gasteiger partial charge in [0, 0.05) is 18.1 Å². The minimum absolute atomic E-state index is 0.125. The van der Waals surface area contributed by atoms with E-state index in [0.717, 1.165) is 10.7 Å². The van der Waals surface area contributed by atoms with Crippen LogP contribution in [-0.2, 0) is 12.7 Å². The fraction of sp³-hybridized carbons (Fsp3) is 0.250. The molecule has 1 fully saturated rings. The van der Waals surface area contributed by atoms with Crippen LogP contribution < -0.4 is 15.5 Å². The van der Waals surface area contributed by atoms with Crippen molar-refractivity contribution in [1.82, 2.24) is 20.1 Å². The Morgan fingerprint density at radius 2 is 2.00 bits per heavy atom. The molecule has 1 aliphatic rings. The van der Waals surface area contributed by atoms with Crippen molar-refractivity contribution in [2.75, 3.05) is 23.3 Å². The SMILES string of the molecule is O=C(NCc1cc(C(F)(F)F)nn1-c1cccc(Cl)c1)Nc1ccc(N2CC(O)C2)nc1. The highest BCUT2D eigenvalue weighted by atomic mass is 35.5. The number of amides is 2. The van der Waals surface area contributed by atoms with Gasteiger partial charge in [-0.1, -0.05) is 17.7 Å². The van der Waals surface area contributed by atoms with Crippen LogP contribution in [0.1, 0.15) is 11.4 Å². The Labute approximate surface area is 185 Å². The first kappa shape index (κ1) is 21.9. The molecule has 0 radical (unpaired) electrons. The molecule has 0 spiro atoms. The lowest BCUT2D eigenvalue weighted by Gasteiger charge is -2.36. The summed E-state index contributed by atoms with van der Waals surface area (Å²) in [6, 6.07) is 9.82. The number of nitrogens with one attached hydrogen (secondary N) is 2. The molecule has 2 aromatic heterocycles. The van der Waals surface area contributed by atoms with Gasteiger partial charge in [0.15, 0.2) is 5.69 Å². The molecule has 2 amide bonds. The average molecular weight is 467 g/mol. The number of urea groups is 1. The van der Waals surface area contributed by atoms with Gasteiger partial charge in [0.2, 0.25) is 0 Å². The van der Waals surface area contributed by atoms with Gasteiger partial charge in [-0.2, -0.15) is 18.3 Å². The second-order valence-electron chi connectivity index (χ2n) is 7.18. The number of carbonyl (C=O) groups is 1. The van der Waals surface area contributed by atoms with Gasteiger partial charge in [-0.25, -0.2) is 14.5 Å². The van der Waals surface area contributed by atoms with Crippen LogP contribution in [0.3, 0.4) is 0 Å². The number of aliphatic hydroxyl groups excluding tert-OH is 1. The molecule has 12 heteroatoms. The minimum Gasteiger partial charge on any atom is -0.389 e. The molecule has 0 aliphatic carbocycles. The molecule has 1 saturated heterocycles. The van der Waals surface area contributed by atoms with Crippen LogP contribution >= 0.6 is 11.6 Å². The zero-order valence-corrected chi connectivity index (χ0v) is 17.2. The second-order valence-corrected chi connectivity index (χ2v) is 7.62. The summed E-state index contributed by atoms with van der Waals surface area (Å²) in [6.07, 6.45) is -3.54. The Balaban J connectivity index is 1.43. The van der Waals surface area contributed by atoms with E-state index in [1.807, 2.05) is 4.90 Å². The topological polar surface area (TPSA) is 95.3 Å². The maximum Gasteiger partial charge on any atom is 0.435 e. The number of aliphatic hydroxyl groups is 1. The molecule has 8 nitrogen and oxygen atoms in total. The molecule has 3 aromatic rings. The third-order valence-electron chi connectivity index (χ3n) is 4.75. The third kappa shape index (κ3) is 4.94. The summed E-state index contributed by atoms with van der Waals surface area (Å²) in [6.45, 7) is 0.791. The molecule has 0 atom stereocenters. The quantitative estimate of drug-likeness (QED) is 0.535. The van der Waals surface area contributed by atoms with Gasteiger partial charge in [0.1, 0.15) is 5.82 Å². The third-order valence-corrected chi connectivity index (χ3v) is 4.98. The maximum atomic E-state index is 13.2. The predicted octanol–water partition coefficient (Wildman–Crippen LogP) is 3.44. The van der Waals surface area contributed by atoms with Crippen molar-refractivity contribution in [2.45, 2.75) is 18.8 Å². The number of nitrogens with zero attached hydrogens (tertiary/aromatic N) is 4. The Morgan fingerprint density at radius 3 is 2.62 bits per heavy atom. The lowest BCUT2D eigenvalue weighted by Crippen LogP contribution is -2.51. The van der Waals surface area contributed by atoms with E-state index in [1.165, 1.54) is 12.3 Å². The molecule has 4 rings (SSSR count). The van der Waals surface area contributed by atoms with E-state index in [9.17, 15) is 23.1 Å². The number of rotatable bonds is 5. The van der Waals surface area contributed by atoms with Crippen LogP contribution in [0, 0.1) is 0 Å². The van der Waals surface area contributed by atoms with Gasteiger partial charge in [-0.05, 0) is 36.4 Å². The highest BCUT2D eigenvalue weighted by Crippen LogP contribution is 2.30. The van der Waals surface area contributed by atoms with Gasteiger partial charge in [-0.3, -0.25) is 0 Å².